The van der Waals surface area contributed by atoms with Gasteiger partial charge in [-0.15, -0.1) is 0 Å². The molecule has 3 aromatic rings. The van der Waals surface area contributed by atoms with Crippen molar-refractivity contribution < 1.29 is 9.21 Å². The number of hydrogen-bond donors (Lipinski definition) is 0. The van der Waals surface area contributed by atoms with Gasteiger partial charge in [-0.25, -0.2) is 5.01 Å². The number of aryl methyl sites for hydroxylation is 1. The summed E-state index contributed by atoms with van der Waals surface area (Å²) in [7, 11) is 0. The molecular weight excluding hydrogens is 392 g/mol. The Bertz CT molecular complexity index is 962. The number of amides is 1. The number of hydrogen-bond acceptors (Lipinski definition) is 3. The van der Waals surface area contributed by atoms with Crippen LogP contribution in [0.3, 0.4) is 0 Å². The standard InChI is InChI=1S/C21H17BrN2O2/c1-14-8-10-15(11-9-14)21(25)24-19(16-5-2-3-6-17(16)22)13-18(23-24)20-7-4-12-26-20/h2-12,19H,13H2,1H3/t19-/m0/s1. The predicted octanol–water partition coefficient (Wildman–Crippen LogP) is 5.34. The lowest BCUT2D eigenvalue weighted by Crippen LogP contribution is -2.27. The molecule has 1 aliphatic rings. The lowest BCUT2D eigenvalue weighted by Gasteiger charge is -2.23. The molecule has 1 amide bonds. The van der Waals surface area contributed by atoms with E-state index in [4.69, 9.17) is 4.42 Å². The van der Waals surface area contributed by atoms with Crippen LogP contribution in [0.25, 0.3) is 0 Å². The molecule has 0 radical (unpaired) electrons. The van der Waals surface area contributed by atoms with Gasteiger partial charge in [-0.2, -0.15) is 5.10 Å². The molecule has 0 bridgehead atoms. The van der Waals surface area contributed by atoms with Crippen LogP contribution in [0.4, 0.5) is 0 Å². The zero-order valence-corrected chi connectivity index (χ0v) is 15.8. The van der Waals surface area contributed by atoms with Crippen molar-refractivity contribution in [1.29, 1.82) is 0 Å². The summed E-state index contributed by atoms with van der Waals surface area (Å²) in [5.74, 6) is 0.577. The van der Waals surface area contributed by atoms with E-state index in [0.29, 0.717) is 17.7 Å². The van der Waals surface area contributed by atoms with E-state index in [-0.39, 0.29) is 11.9 Å². The van der Waals surface area contributed by atoms with E-state index >= 15 is 0 Å². The predicted molar refractivity (Wildman–Crippen MR) is 104 cm³/mol. The Hall–Kier alpha value is -2.66. The summed E-state index contributed by atoms with van der Waals surface area (Å²) in [5.41, 5.74) is 3.54. The zero-order chi connectivity index (χ0) is 18.1. The summed E-state index contributed by atoms with van der Waals surface area (Å²) in [5, 5.41) is 6.19. The van der Waals surface area contributed by atoms with E-state index in [1.165, 1.54) is 0 Å². The topological polar surface area (TPSA) is 45.8 Å². The second-order valence-corrected chi connectivity index (χ2v) is 7.14. The van der Waals surface area contributed by atoms with Crippen LogP contribution in [-0.2, 0) is 0 Å². The third-order valence-electron chi connectivity index (χ3n) is 4.49. The summed E-state index contributed by atoms with van der Waals surface area (Å²) in [6.45, 7) is 2.00. The van der Waals surface area contributed by atoms with Crippen LogP contribution in [0.5, 0.6) is 0 Å². The first kappa shape index (κ1) is 16.8. The highest BCUT2D eigenvalue weighted by Crippen LogP contribution is 2.37. The lowest BCUT2D eigenvalue weighted by atomic mass is 10.0. The second-order valence-electron chi connectivity index (χ2n) is 6.28. The molecule has 0 spiro atoms. The Morgan fingerprint density at radius 2 is 1.88 bits per heavy atom. The monoisotopic (exact) mass is 408 g/mol. The molecule has 0 aliphatic carbocycles. The van der Waals surface area contributed by atoms with Crippen LogP contribution in [0.2, 0.25) is 0 Å². The van der Waals surface area contributed by atoms with Gasteiger partial charge in [0, 0.05) is 16.5 Å². The molecule has 0 saturated heterocycles. The van der Waals surface area contributed by atoms with Gasteiger partial charge in [0.2, 0.25) is 0 Å². The van der Waals surface area contributed by atoms with E-state index < -0.39 is 0 Å². The van der Waals surface area contributed by atoms with Crippen molar-refractivity contribution in [3.8, 4) is 0 Å². The number of benzene rings is 2. The van der Waals surface area contributed by atoms with E-state index in [1.54, 1.807) is 11.3 Å². The van der Waals surface area contributed by atoms with Crippen LogP contribution in [0.1, 0.15) is 39.7 Å². The number of halogens is 1. The minimum absolute atomic E-state index is 0.118. The molecule has 4 rings (SSSR count). The number of rotatable bonds is 3. The molecular formula is C21H17BrN2O2. The van der Waals surface area contributed by atoms with Crippen molar-refractivity contribution in [2.75, 3.05) is 0 Å². The van der Waals surface area contributed by atoms with Crippen LogP contribution >= 0.6 is 15.9 Å². The summed E-state index contributed by atoms with van der Waals surface area (Å²) in [6, 6.07) is 19.0. The fraction of sp³-hybridized carbons (Fsp3) is 0.143. The highest BCUT2D eigenvalue weighted by molar-refractivity contribution is 9.10. The van der Waals surface area contributed by atoms with Gasteiger partial charge in [-0.05, 0) is 42.8 Å². The Kier molecular flexibility index (Phi) is 4.47. The van der Waals surface area contributed by atoms with Crippen molar-refractivity contribution in [3.63, 3.8) is 0 Å². The molecule has 0 unspecified atom stereocenters. The molecule has 2 heterocycles. The van der Waals surface area contributed by atoms with Crippen molar-refractivity contribution in [2.24, 2.45) is 5.10 Å². The molecule has 0 N–H and O–H groups in total. The van der Waals surface area contributed by atoms with Crippen LogP contribution in [0.15, 0.2) is 80.9 Å². The smallest absolute Gasteiger partial charge is 0.274 e. The molecule has 5 heteroatoms. The quantitative estimate of drug-likeness (QED) is 0.586. The van der Waals surface area contributed by atoms with Crippen LogP contribution < -0.4 is 0 Å². The average molecular weight is 409 g/mol. The van der Waals surface area contributed by atoms with Crippen molar-refractivity contribution in [1.82, 2.24) is 5.01 Å². The maximum Gasteiger partial charge on any atom is 0.274 e. The lowest BCUT2D eigenvalue weighted by molar-refractivity contribution is 0.0710. The maximum absolute atomic E-state index is 13.1. The fourth-order valence-corrected chi connectivity index (χ4v) is 3.65. The Balaban J connectivity index is 1.74. The molecule has 2 aromatic carbocycles. The molecule has 0 saturated carbocycles. The average Bonchev–Trinajstić information content (AvgIpc) is 3.32. The van der Waals surface area contributed by atoms with Crippen LogP contribution in [0, 0.1) is 6.92 Å². The minimum atomic E-state index is -0.181. The van der Waals surface area contributed by atoms with Crippen LogP contribution in [-0.4, -0.2) is 16.6 Å². The molecule has 26 heavy (non-hydrogen) atoms. The van der Waals surface area contributed by atoms with Gasteiger partial charge in [-0.1, -0.05) is 51.8 Å². The third-order valence-corrected chi connectivity index (χ3v) is 5.21. The number of nitrogens with zero attached hydrogens (tertiary/aromatic N) is 2. The van der Waals surface area contributed by atoms with E-state index in [2.05, 4.69) is 21.0 Å². The molecule has 1 atom stereocenters. The number of carbonyl (C=O) groups is 1. The summed E-state index contributed by atoms with van der Waals surface area (Å²) >= 11 is 3.61. The van der Waals surface area contributed by atoms with Gasteiger partial charge < -0.3 is 4.42 Å². The minimum Gasteiger partial charge on any atom is -0.463 e. The van der Waals surface area contributed by atoms with E-state index in [0.717, 1.165) is 21.3 Å². The first-order valence-corrected chi connectivity index (χ1v) is 9.19. The molecule has 130 valence electrons. The number of furan rings is 1. The molecule has 4 nitrogen and oxygen atoms in total. The highest BCUT2D eigenvalue weighted by Gasteiger charge is 2.35. The van der Waals surface area contributed by atoms with Gasteiger partial charge in [0.05, 0.1) is 12.3 Å². The number of hydrazone groups is 1. The van der Waals surface area contributed by atoms with Crippen molar-refractivity contribution >= 4 is 27.5 Å². The molecule has 0 fully saturated rings. The second kappa shape index (κ2) is 6.92. The Labute approximate surface area is 160 Å². The summed E-state index contributed by atoms with van der Waals surface area (Å²) < 4.78 is 6.46. The largest absolute Gasteiger partial charge is 0.463 e. The maximum atomic E-state index is 13.1. The van der Waals surface area contributed by atoms with Gasteiger partial charge >= 0.3 is 0 Å². The van der Waals surface area contributed by atoms with Crippen molar-refractivity contribution in [2.45, 2.75) is 19.4 Å². The normalized spacial score (nSPS) is 16.6. The highest BCUT2D eigenvalue weighted by atomic mass is 79.9. The summed E-state index contributed by atoms with van der Waals surface area (Å²) in [4.78, 5) is 13.1. The van der Waals surface area contributed by atoms with Gasteiger partial charge in [0.15, 0.2) is 0 Å². The Morgan fingerprint density at radius 1 is 1.12 bits per heavy atom. The van der Waals surface area contributed by atoms with E-state index in [9.17, 15) is 4.79 Å². The first-order valence-electron chi connectivity index (χ1n) is 8.39. The molecule has 1 aliphatic heterocycles. The van der Waals surface area contributed by atoms with Crippen molar-refractivity contribution in [3.05, 3.63) is 93.9 Å². The number of carbonyl (C=O) groups excluding carboxylic acids is 1. The molecule has 1 aromatic heterocycles. The summed E-state index contributed by atoms with van der Waals surface area (Å²) in [6.07, 6.45) is 2.23. The Morgan fingerprint density at radius 3 is 2.58 bits per heavy atom. The fourth-order valence-electron chi connectivity index (χ4n) is 3.11. The third kappa shape index (κ3) is 3.10. The van der Waals surface area contributed by atoms with Gasteiger partial charge in [0.25, 0.3) is 5.91 Å². The van der Waals surface area contributed by atoms with Gasteiger partial charge in [-0.3, -0.25) is 4.79 Å². The van der Waals surface area contributed by atoms with Gasteiger partial charge in [0.1, 0.15) is 11.5 Å². The SMILES string of the molecule is Cc1ccc(C(=O)N2N=C(c3ccco3)C[C@H]2c2ccccc2Br)cc1. The zero-order valence-electron chi connectivity index (χ0n) is 14.2. The first-order chi connectivity index (χ1) is 12.6. The van der Waals surface area contributed by atoms with E-state index in [1.807, 2.05) is 67.6 Å².